The Morgan fingerprint density at radius 2 is 1.95 bits per heavy atom. The summed E-state index contributed by atoms with van der Waals surface area (Å²) in [6.07, 6.45) is 0.986. The molecular formula is C17H28N2O2. The highest BCUT2D eigenvalue weighted by molar-refractivity contribution is 5.33. The Bertz CT molecular complexity index is 419. The second-order valence-electron chi connectivity index (χ2n) is 5.82. The van der Waals surface area contributed by atoms with Crippen LogP contribution in [-0.2, 0) is 11.2 Å². The van der Waals surface area contributed by atoms with E-state index in [9.17, 15) is 0 Å². The zero-order valence-electron chi connectivity index (χ0n) is 13.5. The Morgan fingerprint density at radius 3 is 2.67 bits per heavy atom. The molecule has 1 aromatic rings. The molecule has 1 fully saturated rings. The van der Waals surface area contributed by atoms with Gasteiger partial charge in [-0.05, 0) is 31.9 Å². The minimum Gasteiger partial charge on any atom is -0.496 e. The summed E-state index contributed by atoms with van der Waals surface area (Å²) < 4.78 is 10.8. The number of nitrogens with zero attached hydrogens (tertiary/aromatic N) is 1. The standard InChI is InChI=1S/C17H28N2O2/c1-14(12-16-6-4-5-7-17(16)20-3)18-13-15(2)19-8-10-21-11-9-19/h4-7,14-15,18H,8-13H2,1-3H3/t14-,15-/m0/s1. The van der Waals surface area contributed by atoms with Crippen molar-refractivity contribution in [1.29, 1.82) is 0 Å². The van der Waals surface area contributed by atoms with Crippen molar-refractivity contribution in [3.63, 3.8) is 0 Å². The van der Waals surface area contributed by atoms with Gasteiger partial charge in [-0.2, -0.15) is 0 Å². The van der Waals surface area contributed by atoms with Gasteiger partial charge in [-0.1, -0.05) is 18.2 Å². The Labute approximate surface area is 128 Å². The molecule has 0 amide bonds. The lowest BCUT2D eigenvalue weighted by molar-refractivity contribution is 0.0200. The second kappa shape index (κ2) is 8.37. The molecular weight excluding hydrogens is 264 g/mol. The topological polar surface area (TPSA) is 33.7 Å². The molecule has 0 bridgehead atoms. The first-order valence-electron chi connectivity index (χ1n) is 7.87. The molecule has 1 N–H and O–H groups in total. The first kappa shape index (κ1) is 16.3. The van der Waals surface area contributed by atoms with Crippen LogP contribution in [0.2, 0.25) is 0 Å². The SMILES string of the molecule is COc1ccccc1C[C@H](C)NC[C@H](C)N1CCOCC1. The number of nitrogens with one attached hydrogen (secondary N) is 1. The van der Waals surface area contributed by atoms with E-state index in [-0.39, 0.29) is 0 Å². The van der Waals surface area contributed by atoms with Crippen molar-refractivity contribution in [2.24, 2.45) is 0 Å². The summed E-state index contributed by atoms with van der Waals surface area (Å²) in [5.74, 6) is 0.979. The molecule has 1 aliphatic heterocycles. The molecule has 0 unspecified atom stereocenters. The second-order valence-corrected chi connectivity index (χ2v) is 5.82. The van der Waals surface area contributed by atoms with Gasteiger partial charge in [0.2, 0.25) is 0 Å². The Balaban J connectivity index is 1.77. The number of para-hydroxylation sites is 1. The number of ether oxygens (including phenoxy) is 2. The highest BCUT2D eigenvalue weighted by atomic mass is 16.5. The van der Waals surface area contributed by atoms with E-state index in [0.29, 0.717) is 12.1 Å². The molecule has 118 valence electrons. The molecule has 0 spiro atoms. The first-order valence-corrected chi connectivity index (χ1v) is 7.87. The molecule has 4 heteroatoms. The van der Waals surface area contributed by atoms with Gasteiger partial charge in [0.25, 0.3) is 0 Å². The van der Waals surface area contributed by atoms with Crippen molar-refractivity contribution in [1.82, 2.24) is 10.2 Å². The van der Waals surface area contributed by atoms with Gasteiger partial charge in [0.1, 0.15) is 5.75 Å². The molecule has 21 heavy (non-hydrogen) atoms. The monoisotopic (exact) mass is 292 g/mol. The third-order valence-corrected chi connectivity index (χ3v) is 4.15. The average Bonchev–Trinajstić information content (AvgIpc) is 2.54. The summed E-state index contributed by atoms with van der Waals surface area (Å²) >= 11 is 0. The van der Waals surface area contributed by atoms with Gasteiger partial charge in [0.05, 0.1) is 20.3 Å². The Kier molecular flexibility index (Phi) is 6.49. The molecule has 0 aliphatic carbocycles. The fourth-order valence-electron chi connectivity index (χ4n) is 2.79. The van der Waals surface area contributed by atoms with Crippen molar-refractivity contribution < 1.29 is 9.47 Å². The van der Waals surface area contributed by atoms with Crippen LogP contribution in [0, 0.1) is 0 Å². The highest BCUT2D eigenvalue weighted by Gasteiger charge is 2.17. The predicted octanol–water partition coefficient (Wildman–Crippen LogP) is 1.94. The number of morpholine rings is 1. The molecule has 1 aromatic carbocycles. The van der Waals surface area contributed by atoms with E-state index in [1.807, 2.05) is 12.1 Å². The quantitative estimate of drug-likeness (QED) is 0.833. The van der Waals surface area contributed by atoms with Gasteiger partial charge in [0, 0.05) is 31.7 Å². The van der Waals surface area contributed by atoms with Crippen molar-refractivity contribution >= 4 is 0 Å². The minimum absolute atomic E-state index is 0.435. The maximum Gasteiger partial charge on any atom is 0.122 e. The lowest BCUT2D eigenvalue weighted by Gasteiger charge is -2.33. The summed E-state index contributed by atoms with van der Waals surface area (Å²) in [6.45, 7) is 9.35. The van der Waals surface area contributed by atoms with Crippen LogP contribution in [0.4, 0.5) is 0 Å². The van der Waals surface area contributed by atoms with Gasteiger partial charge < -0.3 is 14.8 Å². The molecule has 1 heterocycles. The zero-order valence-corrected chi connectivity index (χ0v) is 13.5. The van der Waals surface area contributed by atoms with E-state index >= 15 is 0 Å². The van der Waals surface area contributed by atoms with E-state index in [0.717, 1.165) is 45.0 Å². The van der Waals surface area contributed by atoms with E-state index in [2.05, 4.69) is 36.2 Å². The highest BCUT2D eigenvalue weighted by Crippen LogP contribution is 2.18. The molecule has 1 aliphatic rings. The van der Waals surface area contributed by atoms with E-state index in [4.69, 9.17) is 9.47 Å². The summed E-state index contributed by atoms with van der Waals surface area (Å²) in [5, 5.41) is 3.64. The van der Waals surface area contributed by atoms with Crippen LogP contribution < -0.4 is 10.1 Å². The third kappa shape index (κ3) is 4.99. The van der Waals surface area contributed by atoms with E-state index in [1.54, 1.807) is 7.11 Å². The summed E-state index contributed by atoms with van der Waals surface area (Å²) in [5.41, 5.74) is 1.26. The zero-order chi connectivity index (χ0) is 15.1. The van der Waals surface area contributed by atoms with Crippen molar-refractivity contribution in [2.45, 2.75) is 32.4 Å². The Morgan fingerprint density at radius 1 is 1.24 bits per heavy atom. The summed E-state index contributed by atoms with van der Waals surface area (Å²) in [4.78, 5) is 2.49. The van der Waals surface area contributed by atoms with Crippen LogP contribution in [0.25, 0.3) is 0 Å². The molecule has 0 radical (unpaired) electrons. The number of benzene rings is 1. The maximum atomic E-state index is 5.42. The molecule has 0 aromatic heterocycles. The fraction of sp³-hybridized carbons (Fsp3) is 0.647. The van der Waals surface area contributed by atoms with E-state index in [1.165, 1.54) is 5.56 Å². The van der Waals surface area contributed by atoms with Crippen LogP contribution in [0.1, 0.15) is 19.4 Å². The minimum atomic E-state index is 0.435. The van der Waals surface area contributed by atoms with Gasteiger partial charge >= 0.3 is 0 Å². The average molecular weight is 292 g/mol. The number of hydrogen-bond donors (Lipinski definition) is 1. The number of rotatable bonds is 7. The normalized spacial score (nSPS) is 19.2. The van der Waals surface area contributed by atoms with Crippen LogP contribution >= 0.6 is 0 Å². The van der Waals surface area contributed by atoms with Crippen LogP contribution in [0.3, 0.4) is 0 Å². The smallest absolute Gasteiger partial charge is 0.122 e. The molecule has 0 saturated carbocycles. The van der Waals surface area contributed by atoms with Crippen molar-refractivity contribution in [3.05, 3.63) is 29.8 Å². The van der Waals surface area contributed by atoms with Gasteiger partial charge in [0.15, 0.2) is 0 Å². The maximum absolute atomic E-state index is 5.42. The summed E-state index contributed by atoms with van der Waals surface area (Å²) in [6, 6.07) is 9.24. The third-order valence-electron chi connectivity index (χ3n) is 4.15. The summed E-state index contributed by atoms with van der Waals surface area (Å²) in [7, 11) is 1.73. The van der Waals surface area contributed by atoms with Crippen molar-refractivity contribution in [3.8, 4) is 5.75 Å². The molecule has 4 nitrogen and oxygen atoms in total. The lowest BCUT2D eigenvalue weighted by Crippen LogP contribution is -2.47. The van der Waals surface area contributed by atoms with E-state index < -0.39 is 0 Å². The lowest BCUT2D eigenvalue weighted by atomic mass is 10.1. The van der Waals surface area contributed by atoms with Crippen LogP contribution in [-0.4, -0.2) is 56.9 Å². The molecule has 2 atom stereocenters. The van der Waals surface area contributed by atoms with Crippen LogP contribution in [0.15, 0.2) is 24.3 Å². The predicted molar refractivity (Wildman–Crippen MR) is 86.0 cm³/mol. The number of hydrogen-bond acceptors (Lipinski definition) is 4. The van der Waals surface area contributed by atoms with Crippen LogP contribution in [0.5, 0.6) is 5.75 Å². The van der Waals surface area contributed by atoms with Gasteiger partial charge in [-0.3, -0.25) is 4.90 Å². The van der Waals surface area contributed by atoms with Crippen molar-refractivity contribution in [2.75, 3.05) is 40.0 Å². The first-order chi connectivity index (χ1) is 10.2. The number of methoxy groups -OCH3 is 1. The molecule has 1 saturated heterocycles. The largest absolute Gasteiger partial charge is 0.496 e. The van der Waals surface area contributed by atoms with Gasteiger partial charge in [-0.25, -0.2) is 0 Å². The van der Waals surface area contributed by atoms with Gasteiger partial charge in [-0.15, -0.1) is 0 Å². The Hall–Kier alpha value is -1.10. The molecule has 2 rings (SSSR count). The fourth-order valence-corrected chi connectivity index (χ4v) is 2.79.